The van der Waals surface area contributed by atoms with Gasteiger partial charge in [-0.2, -0.15) is 5.10 Å². The number of para-hydroxylation sites is 1. The summed E-state index contributed by atoms with van der Waals surface area (Å²) in [4.78, 5) is 12.9. The number of rotatable bonds is 3. The second-order valence-electron chi connectivity index (χ2n) is 7.56. The largest absolute Gasteiger partial charge is 0.347 e. The van der Waals surface area contributed by atoms with Crippen LogP contribution in [0.25, 0.3) is 16.9 Å². The Labute approximate surface area is 154 Å². The number of benzene rings is 2. The van der Waals surface area contributed by atoms with E-state index >= 15 is 0 Å². The van der Waals surface area contributed by atoms with Gasteiger partial charge < -0.3 is 5.32 Å². The minimum absolute atomic E-state index is 0.0778. The maximum atomic E-state index is 12.9. The van der Waals surface area contributed by atoms with Gasteiger partial charge in [0.05, 0.1) is 17.1 Å². The SMILES string of the molecule is Cc1nn(-c2ccccc2)c(-c2ccccc2C(=O)NC(C)(C)C)c1C. The monoisotopic (exact) mass is 347 g/mol. The molecular formula is C22H25N3O. The van der Waals surface area contributed by atoms with E-state index in [2.05, 4.69) is 12.2 Å². The van der Waals surface area contributed by atoms with Gasteiger partial charge in [-0.3, -0.25) is 4.79 Å². The summed E-state index contributed by atoms with van der Waals surface area (Å²) in [5, 5.41) is 7.78. The van der Waals surface area contributed by atoms with Crippen molar-refractivity contribution >= 4 is 5.91 Å². The van der Waals surface area contributed by atoms with Crippen LogP contribution in [0, 0.1) is 13.8 Å². The maximum absolute atomic E-state index is 12.9. The number of carbonyl (C=O) groups excluding carboxylic acids is 1. The Kier molecular flexibility index (Phi) is 4.68. The third kappa shape index (κ3) is 3.54. The van der Waals surface area contributed by atoms with Crippen LogP contribution in [0.4, 0.5) is 0 Å². The fourth-order valence-corrected chi connectivity index (χ4v) is 2.97. The molecular weight excluding hydrogens is 322 g/mol. The highest BCUT2D eigenvalue weighted by Gasteiger charge is 2.22. The zero-order valence-electron chi connectivity index (χ0n) is 16.0. The number of aryl methyl sites for hydroxylation is 1. The third-order valence-electron chi connectivity index (χ3n) is 4.28. The van der Waals surface area contributed by atoms with Gasteiger partial charge in [-0.05, 0) is 58.4 Å². The number of nitrogens with zero attached hydrogens (tertiary/aromatic N) is 2. The Balaban J connectivity index is 2.19. The van der Waals surface area contributed by atoms with Gasteiger partial charge in [0.15, 0.2) is 0 Å². The zero-order valence-corrected chi connectivity index (χ0v) is 16.0. The van der Waals surface area contributed by atoms with Crippen molar-refractivity contribution in [2.45, 2.75) is 40.2 Å². The van der Waals surface area contributed by atoms with E-state index in [0.29, 0.717) is 5.56 Å². The van der Waals surface area contributed by atoms with Crippen LogP contribution in [-0.4, -0.2) is 21.2 Å². The Hall–Kier alpha value is -2.88. The number of hydrogen-bond donors (Lipinski definition) is 1. The fraction of sp³-hybridized carbons (Fsp3) is 0.273. The molecule has 1 N–H and O–H groups in total. The average molecular weight is 347 g/mol. The van der Waals surface area contributed by atoms with Crippen LogP contribution in [0.2, 0.25) is 0 Å². The van der Waals surface area contributed by atoms with Crippen molar-refractivity contribution in [3.63, 3.8) is 0 Å². The molecule has 0 radical (unpaired) electrons. The molecule has 0 spiro atoms. The highest BCUT2D eigenvalue weighted by molar-refractivity contribution is 6.01. The molecule has 3 aromatic rings. The second kappa shape index (κ2) is 6.79. The molecule has 2 aromatic carbocycles. The molecule has 4 nitrogen and oxygen atoms in total. The van der Waals surface area contributed by atoms with Crippen molar-refractivity contribution in [1.82, 2.24) is 15.1 Å². The summed E-state index contributed by atoms with van der Waals surface area (Å²) in [5.74, 6) is -0.0778. The van der Waals surface area contributed by atoms with Crippen LogP contribution < -0.4 is 5.32 Å². The third-order valence-corrected chi connectivity index (χ3v) is 4.28. The van der Waals surface area contributed by atoms with Gasteiger partial charge in [0.1, 0.15) is 0 Å². The van der Waals surface area contributed by atoms with E-state index in [0.717, 1.165) is 28.2 Å². The second-order valence-corrected chi connectivity index (χ2v) is 7.56. The lowest BCUT2D eigenvalue weighted by Crippen LogP contribution is -2.40. The lowest BCUT2D eigenvalue weighted by molar-refractivity contribution is 0.0920. The lowest BCUT2D eigenvalue weighted by Gasteiger charge is -2.22. The zero-order chi connectivity index (χ0) is 18.9. The first kappa shape index (κ1) is 17.9. The Morgan fingerprint density at radius 3 is 2.23 bits per heavy atom. The molecule has 0 fully saturated rings. The summed E-state index contributed by atoms with van der Waals surface area (Å²) >= 11 is 0. The molecule has 0 atom stereocenters. The van der Waals surface area contributed by atoms with E-state index < -0.39 is 0 Å². The van der Waals surface area contributed by atoms with Crippen molar-refractivity contribution < 1.29 is 4.79 Å². The summed E-state index contributed by atoms with van der Waals surface area (Å²) in [6, 6.07) is 17.7. The number of hydrogen-bond acceptors (Lipinski definition) is 2. The predicted molar refractivity (Wildman–Crippen MR) is 106 cm³/mol. The lowest BCUT2D eigenvalue weighted by atomic mass is 9.99. The summed E-state index contributed by atoms with van der Waals surface area (Å²) in [6.45, 7) is 10.00. The number of carbonyl (C=O) groups is 1. The summed E-state index contributed by atoms with van der Waals surface area (Å²) in [7, 11) is 0. The smallest absolute Gasteiger partial charge is 0.252 e. The van der Waals surface area contributed by atoms with E-state index in [1.807, 2.05) is 87.0 Å². The van der Waals surface area contributed by atoms with E-state index in [4.69, 9.17) is 5.10 Å². The Bertz CT molecular complexity index is 934. The first-order valence-corrected chi connectivity index (χ1v) is 8.81. The average Bonchev–Trinajstić information content (AvgIpc) is 2.89. The van der Waals surface area contributed by atoms with Crippen molar-refractivity contribution in [1.29, 1.82) is 0 Å². The first-order valence-electron chi connectivity index (χ1n) is 8.81. The van der Waals surface area contributed by atoms with Crippen molar-refractivity contribution in [3.8, 4) is 16.9 Å². The van der Waals surface area contributed by atoms with E-state index in [9.17, 15) is 4.79 Å². The molecule has 26 heavy (non-hydrogen) atoms. The number of aromatic nitrogens is 2. The minimum Gasteiger partial charge on any atom is -0.347 e. The standard InChI is InChI=1S/C22H25N3O/c1-15-16(2)24-25(17-11-7-6-8-12-17)20(15)18-13-9-10-14-19(18)21(26)23-22(3,4)5/h6-14H,1-5H3,(H,23,26). The molecule has 3 rings (SSSR count). The van der Waals surface area contributed by atoms with Gasteiger partial charge in [-0.1, -0.05) is 36.4 Å². The van der Waals surface area contributed by atoms with E-state index in [1.165, 1.54) is 0 Å². The quantitative estimate of drug-likeness (QED) is 0.747. The van der Waals surface area contributed by atoms with Crippen LogP contribution in [0.5, 0.6) is 0 Å². The summed E-state index contributed by atoms with van der Waals surface area (Å²) in [6.07, 6.45) is 0. The molecule has 134 valence electrons. The van der Waals surface area contributed by atoms with Crippen molar-refractivity contribution in [3.05, 3.63) is 71.4 Å². The highest BCUT2D eigenvalue weighted by Crippen LogP contribution is 2.31. The molecule has 0 aliphatic carbocycles. The van der Waals surface area contributed by atoms with Crippen LogP contribution in [0.1, 0.15) is 42.4 Å². The van der Waals surface area contributed by atoms with Gasteiger partial charge in [0.25, 0.3) is 5.91 Å². The Morgan fingerprint density at radius 2 is 1.58 bits per heavy atom. The van der Waals surface area contributed by atoms with Gasteiger partial charge in [-0.25, -0.2) is 4.68 Å². The van der Waals surface area contributed by atoms with Gasteiger partial charge >= 0.3 is 0 Å². The first-order chi connectivity index (χ1) is 12.3. The Morgan fingerprint density at radius 1 is 0.962 bits per heavy atom. The van der Waals surface area contributed by atoms with Crippen molar-refractivity contribution in [2.24, 2.45) is 0 Å². The van der Waals surface area contributed by atoms with Crippen LogP contribution >= 0.6 is 0 Å². The molecule has 1 aromatic heterocycles. The van der Waals surface area contributed by atoms with Crippen LogP contribution in [0.15, 0.2) is 54.6 Å². The fourth-order valence-electron chi connectivity index (χ4n) is 2.97. The van der Waals surface area contributed by atoms with Gasteiger partial charge in [0.2, 0.25) is 0 Å². The molecule has 0 unspecified atom stereocenters. The normalized spacial score (nSPS) is 11.4. The topological polar surface area (TPSA) is 46.9 Å². The van der Waals surface area contributed by atoms with E-state index in [1.54, 1.807) is 0 Å². The van der Waals surface area contributed by atoms with Crippen molar-refractivity contribution in [2.75, 3.05) is 0 Å². The molecule has 4 heteroatoms. The van der Waals surface area contributed by atoms with Gasteiger partial charge in [-0.15, -0.1) is 0 Å². The van der Waals surface area contributed by atoms with E-state index in [-0.39, 0.29) is 11.4 Å². The molecule has 1 heterocycles. The number of amides is 1. The molecule has 0 bridgehead atoms. The van der Waals surface area contributed by atoms with Crippen LogP contribution in [-0.2, 0) is 0 Å². The van der Waals surface area contributed by atoms with Crippen LogP contribution in [0.3, 0.4) is 0 Å². The molecule has 1 amide bonds. The highest BCUT2D eigenvalue weighted by atomic mass is 16.1. The maximum Gasteiger partial charge on any atom is 0.252 e. The minimum atomic E-state index is -0.297. The number of nitrogens with one attached hydrogen (secondary N) is 1. The molecule has 0 aliphatic rings. The predicted octanol–water partition coefficient (Wildman–Crippen LogP) is 4.68. The summed E-state index contributed by atoms with van der Waals surface area (Å²) in [5.41, 5.74) is 5.20. The molecule has 0 saturated carbocycles. The summed E-state index contributed by atoms with van der Waals surface area (Å²) < 4.78 is 1.92. The molecule has 0 saturated heterocycles. The molecule has 0 aliphatic heterocycles. The van der Waals surface area contributed by atoms with Gasteiger partial charge in [0, 0.05) is 16.7 Å².